The van der Waals surface area contributed by atoms with Gasteiger partial charge >= 0.3 is 5.97 Å². The molecule has 0 unspecified atom stereocenters. The minimum absolute atomic E-state index is 0.145. The molecule has 0 fully saturated rings. The Kier molecular flexibility index (Phi) is 3.84. The van der Waals surface area contributed by atoms with Crippen LogP contribution in [0.15, 0.2) is 5.38 Å². The second kappa shape index (κ2) is 4.92. The van der Waals surface area contributed by atoms with Crippen LogP contribution in [-0.2, 0) is 16.0 Å². The van der Waals surface area contributed by atoms with Gasteiger partial charge < -0.3 is 10.4 Å². The first-order valence-corrected chi connectivity index (χ1v) is 5.05. The lowest BCUT2D eigenvalue weighted by Gasteiger charge is -1.95. The van der Waals surface area contributed by atoms with Gasteiger partial charge in [-0.3, -0.25) is 9.59 Å². The first kappa shape index (κ1) is 10.9. The van der Waals surface area contributed by atoms with Crippen molar-refractivity contribution in [2.75, 3.05) is 11.2 Å². The highest BCUT2D eigenvalue weighted by atomic mass is 35.5. The highest BCUT2D eigenvalue weighted by Gasteiger charge is 2.07. The minimum atomic E-state index is -0.953. The van der Waals surface area contributed by atoms with E-state index in [4.69, 9.17) is 16.7 Å². The number of anilines is 1. The summed E-state index contributed by atoms with van der Waals surface area (Å²) in [5.74, 6) is -1.46. The van der Waals surface area contributed by atoms with E-state index in [-0.39, 0.29) is 18.2 Å². The highest BCUT2D eigenvalue weighted by Crippen LogP contribution is 2.15. The molecule has 0 spiro atoms. The van der Waals surface area contributed by atoms with Crippen LogP contribution in [0.4, 0.5) is 5.13 Å². The number of carboxylic acids is 1. The van der Waals surface area contributed by atoms with Crippen molar-refractivity contribution in [1.29, 1.82) is 0 Å². The summed E-state index contributed by atoms with van der Waals surface area (Å²) in [7, 11) is 0. The molecule has 0 aliphatic heterocycles. The number of rotatable bonds is 4. The molecule has 7 heteroatoms. The van der Waals surface area contributed by atoms with E-state index < -0.39 is 5.97 Å². The number of carbonyl (C=O) groups is 2. The number of alkyl halides is 1. The number of hydrogen-bond donors (Lipinski definition) is 2. The van der Waals surface area contributed by atoms with E-state index in [2.05, 4.69) is 10.3 Å². The lowest BCUT2D eigenvalue weighted by Crippen LogP contribution is -2.12. The maximum atomic E-state index is 10.8. The van der Waals surface area contributed by atoms with Crippen LogP contribution in [0.5, 0.6) is 0 Å². The van der Waals surface area contributed by atoms with Gasteiger partial charge in [0.25, 0.3) is 0 Å². The van der Waals surface area contributed by atoms with Crippen LogP contribution in [0.3, 0.4) is 0 Å². The third-order valence-electron chi connectivity index (χ3n) is 1.25. The summed E-state index contributed by atoms with van der Waals surface area (Å²) < 4.78 is 0. The molecule has 14 heavy (non-hydrogen) atoms. The van der Waals surface area contributed by atoms with Crippen molar-refractivity contribution >= 4 is 39.9 Å². The van der Waals surface area contributed by atoms with Gasteiger partial charge in [-0.05, 0) is 0 Å². The topological polar surface area (TPSA) is 79.3 Å². The Morgan fingerprint density at radius 3 is 2.93 bits per heavy atom. The van der Waals surface area contributed by atoms with Gasteiger partial charge in [-0.1, -0.05) is 0 Å². The van der Waals surface area contributed by atoms with Crippen molar-refractivity contribution in [3.63, 3.8) is 0 Å². The maximum absolute atomic E-state index is 10.8. The standard InChI is InChI=1S/C7H7ClN2O3S/c8-2-5(11)10-7-9-4(3-14-7)1-6(12)13/h3H,1-2H2,(H,12,13)(H,9,10,11). The fraction of sp³-hybridized carbons (Fsp3) is 0.286. The molecule has 1 amide bonds. The summed E-state index contributed by atoms with van der Waals surface area (Å²) in [6, 6.07) is 0. The molecule has 0 radical (unpaired) electrons. The number of hydrogen-bond acceptors (Lipinski definition) is 4. The van der Waals surface area contributed by atoms with Crippen molar-refractivity contribution in [3.8, 4) is 0 Å². The van der Waals surface area contributed by atoms with Crippen LogP contribution in [0, 0.1) is 0 Å². The summed E-state index contributed by atoms with van der Waals surface area (Å²) in [6.45, 7) is 0. The smallest absolute Gasteiger partial charge is 0.309 e. The first-order chi connectivity index (χ1) is 6.61. The molecule has 76 valence electrons. The Morgan fingerprint density at radius 2 is 2.36 bits per heavy atom. The molecular weight excluding hydrogens is 228 g/mol. The number of amides is 1. The fourth-order valence-electron chi connectivity index (χ4n) is 0.753. The molecule has 5 nitrogen and oxygen atoms in total. The lowest BCUT2D eigenvalue weighted by molar-refractivity contribution is -0.136. The third-order valence-corrected chi connectivity index (χ3v) is 2.30. The van der Waals surface area contributed by atoms with E-state index >= 15 is 0 Å². The maximum Gasteiger partial charge on any atom is 0.309 e. The number of thiazole rings is 1. The summed E-state index contributed by atoms with van der Waals surface area (Å²) in [5.41, 5.74) is 0.423. The van der Waals surface area contributed by atoms with Crippen molar-refractivity contribution in [2.24, 2.45) is 0 Å². The molecule has 1 aromatic heterocycles. The molecule has 0 aliphatic rings. The normalized spacial score (nSPS) is 9.79. The SMILES string of the molecule is O=C(O)Cc1csc(NC(=O)CCl)n1. The Labute approximate surface area is 88.7 Å². The molecule has 2 N–H and O–H groups in total. The Hall–Kier alpha value is -1.14. The summed E-state index contributed by atoms with van der Waals surface area (Å²) in [6.07, 6.45) is -0.146. The van der Waals surface area contributed by atoms with Gasteiger partial charge in [-0.2, -0.15) is 0 Å². The first-order valence-electron chi connectivity index (χ1n) is 3.64. The van der Waals surface area contributed by atoms with Crippen LogP contribution in [-0.4, -0.2) is 27.8 Å². The largest absolute Gasteiger partial charge is 0.481 e. The van der Waals surface area contributed by atoms with E-state index in [1.165, 1.54) is 11.3 Å². The molecular formula is C7H7ClN2O3S. The van der Waals surface area contributed by atoms with E-state index in [1.807, 2.05) is 0 Å². The Morgan fingerprint density at radius 1 is 1.64 bits per heavy atom. The third kappa shape index (κ3) is 3.31. The minimum Gasteiger partial charge on any atom is -0.481 e. The molecule has 0 aliphatic carbocycles. The monoisotopic (exact) mass is 234 g/mol. The Bertz CT molecular complexity index is 352. The van der Waals surface area contributed by atoms with Crippen LogP contribution in [0.1, 0.15) is 5.69 Å². The molecule has 1 heterocycles. The summed E-state index contributed by atoms with van der Waals surface area (Å²) in [4.78, 5) is 25.0. The van der Waals surface area contributed by atoms with Crippen LogP contribution >= 0.6 is 22.9 Å². The second-order valence-corrected chi connectivity index (χ2v) is 3.52. The number of halogens is 1. The number of aromatic nitrogens is 1. The van der Waals surface area contributed by atoms with Gasteiger partial charge in [0.1, 0.15) is 5.88 Å². The van der Waals surface area contributed by atoms with Gasteiger partial charge in [0, 0.05) is 5.38 Å². The zero-order valence-corrected chi connectivity index (χ0v) is 8.56. The zero-order valence-electron chi connectivity index (χ0n) is 6.99. The number of carboxylic acid groups (broad SMARTS) is 1. The molecule has 0 atom stereocenters. The van der Waals surface area contributed by atoms with Crippen LogP contribution in [0.25, 0.3) is 0 Å². The number of aliphatic carboxylic acids is 1. The van der Waals surface area contributed by atoms with Gasteiger partial charge in [-0.25, -0.2) is 4.98 Å². The molecule has 0 saturated carbocycles. The predicted octanol–water partition coefficient (Wildman–Crippen LogP) is 0.948. The summed E-state index contributed by atoms with van der Waals surface area (Å²) >= 11 is 6.43. The Balaban J connectivity index is 2.59. The van der Waals surface area contributed by atoms with Crippen LogP contribution < -0.4 is 5.32 Å². The fourth-order valence-corrected chi connectivity index (χ4v) is 1.55. The van der Waals surface area contributed by atoms with Crippen LogP contribution in [0.2, 0.25) is 0 Å². The van der Waals surface area contributed by atoms with Crippen molar-refractivity contribution < 1.29 is 14.7 Å². The molecule has 1 aromatic rings. The van der Waals surface area contributed by atoms with Gasteiger partial charge in [0.2, 0.25) is 5.91 Å². The predicted molar refractivity (Wildman–Crippen MR) is 52.8 cm³/mol. The highest BCUT2D eigenvalue weighted by molar-refractivity contribution is 7.14. The second-order valence-electron chi connectivity index (χ2n) is 2.40. The van der Waals surface area contributed by atoms with Crippen molar-refractivity contribution in [2.45, 2.75) is 6.42 Å². The van der Waals surface area contributed by atoms with Crippen molar-refractivity contribution in [1.82, 2.24) is 4.98 Å². The molecule has 0 bridgehead atoms. The average molecular weight is 235 g/mol. The lowest BCUT2D eigenvalue weighted by atomic mass is 10.3. The number of nitrogens with zero attached hydrogens (tertiary/aromatic N) is 1. The van der Waals surface area contributed by atoms with Gasteiger partial charge in [0.15, 0.2) is 5.13 Å². The summed E-state index contributed by atoms with van der Waals surface area (Å²) in [5, 5.41) is 12.8. The van der Waals surface area contributed by atoms with E-state index in [1.54, 1.807) is 5.38 Å². The van der Waals surface area contributed by atoms with Crippen molar-refractivity contribution in [3.05, 3.63) is 11.1 Å². The van der Waals surface area contributed by atoms with Gasteiger partial charge in [0.05, 0.1) is 12.1 Å². The molecule has 0 saturated heterocycles. The number of nitrogens with one attached hydrogen (secondary N) is 1. The van der Waals surface area contributed by atoms with Gasteiger partial charge in [-0.15, -0.1) is 22.9 Å². The molecule has 1 rings (SSSR count). The van der Waals surface area contributed by atoms with E-state index in [0.717, 1.165) is 0 Å². The molecule has 0 aromatic carbocycles. The zero-order chi connectivity index (χ0) is 10.6. The average Bonchev–Trinajstić information content (AvgIpc) is 2.51. The van der Waals surface area contributed by atoms with E-state index in [9.17, 15) is 9.59 Å². The quantitative estimate of drug-likeness (QED) is 0.761. The van der Waals surface area contributed by atoms with E-state index in [0.29, 0.717) is 10.8 Å². The number of carbonyl (C=O) groups excluding carboxylic acids is 1.